The monoisotopic (exact) mass is 509 g/mol. The molecule has 0 bridgehead atoms. The predicted molar refractivity (Wildman–Crippen MR) is 167 cm³/mol. The van der Waals surface area contributed by atoms with Gasteiger partial charge in [-0.25, -0.2) is 4.98 Å². The van der Waals surface area contributed by atoms with Crippen LogP contribution in [0.15, 0.2) is 140 Å². The molecule has 0 radical (unpaired) electrons. The van der Waals surface area contributed by atoms with Crippen LogP contribution in [-0.2, 0) is 0 Å². The first kappa shape index (κ1) is 21.5. The zero-order valence-corrected chi connectivity index (χ0v) is 21.6. The van der Waals surface area contributed by atoms with E-state index in [9.17, 15) is 0 Å². The van der Waals surface area contributed by atoms with E-state index in [0.29, 0.717) is 0 Å². The van der Waals surface area contributed by atoms with Gasteiger partial charge in [0.15, 0.2) is 0 Å². The van der Waals surface area contributed by atoms with Gasteiger partial charge >= 0.3 is 0 Å². The number of benzene rings is 5. The molecule has 186 valence electrons. The molecular weight excluding hydrogens is 486 g/mol. The zero-order chi connectivity index (χ0) is 26.2. The van der Waals surface area contributed by atoms with Crippen molar-refractivity contribution in [3.05, 3.63) is 140 Å². The Kier molecular flexibility index (Phi) is 4.33. The maximum Gasteiger partial charge on any atom is 0.138 e. The summed E-state index contributed by atoms with van der Waals surface area (Å²) in [7, 11) is 0. The van der Waals surface area contributed by atoms with Crippen LogP contribution >= 0.6 is 0 Å². The van der Waals surface area contributed by atoms with E-state index in [1.807, 2.05) is 6.07 Å². The summed E-state index contributed by atoms with van der Waals surface area (Å²) in [6.45, 7) is 0. The lowest BCUT2D eigenvalue weighted by atomic mass is 10.1. The number of rotatable bonds is 2. The van der Waals surface area contributed by atoms with Crippen LogP contribution in [0.1, 0.15) is 0 Å². The van der Waals surface area contributed by atoms with Crippen molar-refractivity contribution in [3.8, 4) is 17.1 Å². The Labute approximate surface area is 230 Å². The SMILES string of the molecule is c1ccc(-c2cccc(-n3c4ccccc4c4c3ccc3cc5c6ccccc6c6ccccc6n5c34)n2)cc1. The minimum atomic E-state index is 0.920. The number of nitrogens with zero attached hydrogens (tertiary/aromatic N) is 3. The molecule has 3 heteroatoms. The Morgan fingerprint density at radius 3 is 1.95 bits per heavy atom. The molecule has 0 aliphatic rings. The van der Waals surface area contributed by atoms with E-state index >= 15 is 0 Å². The fraction of sp³-hybridized carbons (Fsp3) is 0. The molecule has 0 N–H and O–H groups in total. The maximum atomic E-state index is 5.16. The van der Waals surface area contributed by atoms with Gasteiger partial charge in [0, 0.05) is 32.5 Å². The number of pyridine rings is 2. The number of para-hydroxylation sites is 2. The smallest absolute Gasteiger partial charge is 0.138 e. The first-order valence-electron chi connectivity index (χ1n) is 13.7. The summed E-state index contributed by atoms with van der Waals surface area (Å²) in [5, 5.41) is 7.54. The number of aromatic nitrogens is 3. The van der Waals surface area contributed by atoms with Crippen LogP contribution in [0.5, 0.6) is 0 Å². The Hall–Kier alpha value is -5.41. The van der Waals surface area contributed by atoms with Gasteiger partial charge in [-0.3, -0.25) is 4.57 Å². The highest BCUT2D eigenvalue weighted by Crippen LogP contribution is 2.41. The fourth-order valence-corrected chi connectivity index (χ4v) is 6.60. The van der Waals surface area contributed by atoms with Crippen LogP contribution in [0.25, 0.3) is 77.0 Å². The average Bonchev–Trinajstić information content (AvgIpc) is 3.58. The van der Waals surface area contributed by atoms with Crippen molar-refractivity contribution in [2.75, 3.05) is 0 Å². The number of hydrogen-bond donors (Lipinski definition) is 0. The molecule has 4 heterocycles. The normalized spacial score (nSPS) is 12.0. The highest BCUT2D eigenvalue weighted by molar-refractivity contribution is 6.24. The van der Waals surface area contributed by atoms with E-state index in [1.165, 1.54) is 48.9 Å². The minimum absolute atomic E-state index is 0.920. The molecule has 0 unspecified atom stereocenters. The molecule has 9 aromatic rings. The van der Waals surface area contributed by atoms with Gasteiger partial charge in [-0.2, -0.15) is 0 Å². The molecule has 0 saturated carbocycles. The van der Waals surface area contributed by atoms with Crippen LogP contribution in [0.3, 0.4) is 0 Å². The van der Waals surface area contributed by atoms with Crippen molar-refractivity contribution < 1.29 is 0 Å². The second-order valence-electron chi connectivity index (χ2n) is 10.4. The van der Waals surface area contributed by atoms with Gasteiger partial charge in [-0.15, -0.1) is 0 Å². The highest BCUT2D eigenvalue weighted by atomic mass is 15.1. The quantitative estimate of drug-likeness (QED) is 0.213. The second-order valence-corrected chi connectivity index (χ2v) is 10.4. The summed E-state index contributed by atoms with van der Waals surface area (Å²) < 4.78 is 4.79. The summed E-state index contributed by atoms with van der Waals surface area (Å²) in [5.74, 6) is 0.920. The van der Waals surface area contributed by atoms with Crippen molar-refractivity contribution >= 4 is 59.9 Å². The lowest BCUT2D eigenvalue weighted by molar-refractivity contribution is 1.08. The van der Waals surface area contributed by atoms with Gasteiger partial charge < -0.3 is 4.40 Å². The van der Waals surface area contributed by atoms with Gasteiger partial charge in [0.1, 0.15) is 5.82 Å². The molecule has 40 heavy (non-hydrogen) atoms. The van der Waals surface area contributed by atoms with Gasteiger partial charge in [-0.05, 0) is 41.8 Å². The van der Waals surface area contributed by atoms with E-state index in [0.717, 1.165) is 28.1 Å². The van der Waals surface area contributed by atoms with E-state index in [2.05, 4.69) is 142 Å². The topological polar surface area (TPSA) is 22.2 Å². The summed E-state index contributed by atoms with van der Waals surface area (Å²) in [4.78, 5) is 5.16. The van der Waals surface area contributed by atoms with Crippen molar-refractivity contribution in [2.24, 2.45) is 0 Å². The molecule has 0 amide bonds. The molecule has 0 atom stereocenters. The van der Waals surface area contributed by atoms with E-state index in [4.69, 9.17) is 4.98 Å². The molecule has 0 aliphatic carbocycles. The van der Waals surface area contributed by atoms with Gasteiger partial charge in [-0.1, -0.05) is 103 Å². The maximum absolute atomic E-state index is 5.16. The van der Waals surface area contributed by atoms with Crippen LogP contribution in [-0.4, -0.2) is 14.0 Å². The largest absolute Gasteiger partial charge is 0.308 e. The Morgan fingerprint density at radius 1 is 0.450 bits per heavy atom. The van der Waals surface area contributed by atoms with Crippen molar-refractivity contribution in [3.63, 3.8) is 0 Å². The van der Waals surface area contributed by atoms with Gasteiger partial charge in [0.2, 0.25) is 0 Å². The lowest BCUT2D eigenvalue weighted by Gasteiger charge is -2.11. The lowest BCUT2D eigenvalue weighted by Crippen LogP contribution is -1.98. The van der Waals surface area contributed by atoms with E-state index < -0.39 is 0 Å². The Balaban J connectivity index is 1.47. The number of fused-ring (bicyclic) bond motifs is 12. The molecule has 0 aliphatic heterocycles. The average molecular weight is 510 g/mol. The summed E-state index contributed by atoms with van der Waals surface area (Å²) in [5.41, 5.74) is 8.09. The third kappa shape index (κ3) is 2.86. The number of hydrogen-bond acceptors (Lipinski definition) is 1. The van der Waals surface area contributed by atoms with Crippen molar-refractivity contribution in [1.29, 1.82) is 0 Å². The molecular formula is C37H23N3. The van der Waals surface area contributed by atoms with Crippen LogP contribution in [0.4, 0.5) is 0 Å². The molecule has 0 spiro atoms. The van der Waals surface area contributed by atoms with Crippen LogP contribution < -0.4 is 0 Å². The van der Waals surface area contributed by atoms with E-state index in [-0.39, 0.29) is 0 Å². The standard InChI is InChI=1S/C37H23N3/c1-2-11-24(12-3-1)30-17-10-20-35(38-30)39-32-19-9-7-16-29(32)36-33(39)22-21-25-23-34-28-15-5-4-13-26(28)27-14-6-8-18-31(27)40(34)37(25)36/h1-23H. The highest BCUT2D eigenvalue weighted by Gasteiger charge is 2.20. The summed E-state index contributed by atoms with van der Waals surface area (Å²) >= 11 is 0. The molecule has 0 fully saturated rings. The van der Waals surface area contributed by atoms with Gasteiger partial charge in [0.05, 0.1) is 33.3 Å². The molecule has 0 saturated heterocycles. The molecule has 5 aromatic carbocycles. The van der Waals surface area contributed by atoms with Crippen LogP contribution in [0.2, 0.25) is 0 Å². The van der Waals surface area contributed by atoms with Crippen molar-refractivity contribution in [1.82, 2.24) is 14.0 Å². The third-order valence-corrected chi connectivity index (χ3v) is 8.27. The molecule has 9 rings (SSSR count). The Morgan fingerprint density at radius 2 is 1.12 bits per heavy atom. The second kappa shape index (κ2) is 8.05. The zero-order valence-electron chi connectivity index (χ0n) is 21.6. The summed E-state index contributed by atoms with van der Waals surface area (Å²) in [6.07, 6.45) is 0. The Bertz CT molecular complexity index is 2430. The van der Waals surface area contributed by atoms with Gasteiger partial charge in [0.25, 0.3) is 0 Å². The third-order valence-electron chi connectivity index (χ3n) is 8.27. The summed E-state index contributed by atoms with van der Waals surface area (Å²) in [6, 6.07) is 49.8. The van der Waals surface area contributed by atoms with Crippen LogP contribution in [0, 0.1) is 0 Å². The van der Waals surface area contributed by atoms with Crippen molar-refractivity contribution in [2.45, 2.75) is 0 Å². The predicted octanol–water partition coefficient (Wildman–Crippen LogP) is 9.56. The fourth-order valence-electron chi connectivity index (χ4n) is 6.60. The first-order valence-corrected chi connectivity index (χ1v) is 13.7. The molecule has 3 nitrogen and oxygen atoms in total. The first-order chi connectivity index (χ1) is 19.9. The minimum Gasteiger partial charge on any atom is -0.308 e. The van der Waals surface area contributed by atoms with E-state index in [1.54, 1.807) is 0 Å². The molecule has 4 aromatic heterocycles.